The van der Waals surface area contributed by atoms with Crippen molar-refractivity contribution in [2.45, 2.75) is 62.7 Å². The fourth-order valence-corrected chi connectivity index (χ4v) is 5.30. The van der Waals surface area contributed by atoms with Crippen LogP contribution < -0.4 is 10.6 Å². The van der Waals surface area contributed by atoms with Crippen LogP contribution in [-0.2, 0) is 16.1 Å². The van der Waals surface area contributed by atoms with E-state index in [2.05, 4.69) is 25.5 Å². The first-order valence-corrected chi connectivity index (χ1v) is 10.9. The van der Waals surface area contributed by atoms with Crippen molar-refractivity contribution in [3.63, 3.8) is 0 Å². The number of nitrogens with one attached hydrogen (secondary N) is 2. The molecule has 0 saturated carbocycles. The number of carbonyl (C=O) groups excluding carboxylic acids is 1. The summed E-state index contributed by atoms with van der Waals surface area (Å²) >= 11 is 0. The molecule has 29 heavy (non-hydrogen) atoms. The molecule has 0 unspecified atom stereocenters. The van der Waals surface area contributed by atoms with Crippen LogP contribution in [0.2, 0.25) is 0 Å². The molecule has 156 valence electrons. The third kappa shape index (κ3) is 3.76. The Morgan fingerprint density at radius 1 is 1.28 bits per heavy atom. The molecular formula is C21H30N6O2. The van der Waals surface area contributed by atoms with E-state index >= 15 is 0 Å². The molecule has 0 radical (unpaired) electrons. The van der Waals surface area contributed by atoms with Gasteiger partial charge in [0.05, 0.1) is 18.4 Å². The predicted octanol–water partition coefficient (Wildman–Crippen LogP) is 1.11. The first kappa shape index (κ1) is 19.0. The summed E-state index contributed by atoms with van der Waals surface area (Å²) in [7, 11) is 0. The molecule has 0 spiro atoms. The fraction of sp³-hybridized carbons (Fsp3) is 0.667. The quantitative estimate of drug-likeness (QED) is 0.785. The predicted molar refractivity (Wildman–Crippen MR) is 108 cm³/mol. The van der Waals surface area contributed by atoms with Gasteiger partial charge >= 0.3 is 0 Å². The maximum atomic E-state index is 13.4. The number of piperidine rings is 1. The Kier molecular flexibility index (Phi) is 5.24. The van der Waals surface area contributed by atoms with E-state index < -0.39 is 0 Å². The van der Waals surface area contributed by atoms with Gasteiger partial charge in [-0.05, 0) is 45.1 Å². The molecule has 1 amide bonds. The second-order valence-electron chi connectivity index (χ2n) is 8.65. The van der Waals surface area contributed by atoms with Crippen LogP contribution in [0.4, 0.5) is 0 Å². The van der Waals surface area contributed by atoms with E-state index in [0.717, 1.165) is 69.7 Å². The van der Waals surface area contributed by atoms with Crippen LogP contribution in [0.15, 0.2) is 24.8 Å². The van der Waals surface area contributed by atoms with Gasteiger partial charge in [0.1, 0.15) is 5.54 Å². The molecule has 3 aliphatic heterocycles. The number of hydrogen-bond acceptors (Lipinski definition) is 6. The highest BCUT2D eigenvalue weighted by Gasteiger charge is 2.51. The minimum absolute atomic E-state index is 0.156. The Labute approximate surface area is 171 Å². The molecule has 2 aromatic rings. The Morgan fingerprint density at radius 3 is 3.03 bits per heavy atom. The normalized spacial score (nSPS) is 28.5. The lowest BCUT2D eigenvalue weighted by molar-refractivity contribution is -0.134. The highest BCUT2D eigenvalue weighted by molar-refractivity contribution is 5.87. The number of hydrogen-bond donors (Lipinski definition) is 2. The van der Waals surface area contributed by atoms with Crippen LogP contribution in [0.1, 0.15) is 44.2 Å². The molecule has 3 fully saturated rings. The van der Waals surface area contributed by atoms with Crippen LogP contribution in [0.5, 0.6) is 0 Å². The molecule has 3 aliphatic rings. The van der Waals surface area contributed by atoms with E-state index in [9.17, 15) is 4.79 Å². The summed E-state index contributed by atoms with van der Waals surface area (Å²) in [6.45, 7) is 4.11. The minimum Gasteiger partial charge on any atom is -0.381 e. The van der Waals surface area contributed by atoms with Gasteiger partial charge in [-0.1, -0.05) is 0 Å². The summed E-state index contributed by atoms with van der Waals surface area (Å²) in [4.78, 5) is 24.5. The summed E-state index contributed by atoms with van der Waals surface area (Å²) < 4.78 is 7.42. The van der Waals surface area contributed by atoms with E-state index in [1.54, 1.807) is 12.4 Å². The van der Waals surface area contributed by atoms with E-state index in [-0.39, 0.29) is 11.4 Å². The maximum absolute atomic E-state index is 13.4. The van der Waals surface area contributed by atoms with Crippen molar-refractivity contribution in [2.75, 3.05) is 26.3 Å². The van der Waals surface area contributed by atoms with Crippen molar-refractivity contribution in [2.24, 2.45) is 0 Å². The first-order valence-electron chi connectivity index (χ1n) is 10.9. The van der Waals surface area contributed by atoms with Crippen LogP contribution in [0.25, 0.3) is 5.65 Å². The number of rotatable bonds is 5. The van der Waals surface area contributed by atoms with Gasteiger partial charge < -0.3 is 19.8 Å². The van der Waals surface area contributed by atoms with Crippen molar-refractivity contribution in [3.05, 3.63) is 30.5 Å². The standard InChI is InChI=1S/C21H30N6O2/c28-20(23-12-18-14-26-8-6-22-13-19(26)25-18)21-5-1-2-7-27(21)15-17(11-21)24-16-3-9-29-10-4-16/h6,8,13-14,16-17,24H,1-5,7,9-12,15H2,(H,23,28)/t17-,21-/m0/s1. The lowest BCUT2D eigenvalue weighted by Gasteiger charge is -2.40. The van der Waals surface area contributed by atoms with Crippen molar-refractivity contribution < 1.29 is 9.53 Å². The van der Waals surface area contributed by atoms with Crippen molar-refractivity contribution >= 4 is 11.6 Å². The summed E-state index contributed by atoms with van der Waals surface area (Å²) in [5, 5.41) is 7.01. The Bertz CT molecular complexity index is 831. The number of fused-ring (bicyclic) bond motifs is 2. The Hall–Kier alpha value is -2.03. The second kappa shape index (κ2) is 8.01. The van der Waals surface area contributed by atoms with E-state index in [1.165, 1.54) is 6.42 Å². The molecule has 0 aromatic carbocycles. The molecular weight excluding hydrogens is 368 g/mol. The number of aromatic nitrogens is 3. The van der Waals surface area contributed by atoms with Crippen LogP contribution >= 0.6 is 0 Å². The highest BCUT2D eigenvalue weighted by atomic mass is 16.5. The van der Waals surface area contributed by atoms with Crippen LogP contribution in [-0.4, -0.2) is 69.1 Å². The largest absolute Gasteiger partial charge is 0.381 e. The third-order valence-electron chi connectivity index (χ3n) is 6.76. The fourth-order valence-electron chi connectivity index (χ4n) is 5.30. The zero-order chi connectivity index (χ0) is 19.7. The van der Waals surface area contributed by atoms with Crippen molar-refractivity contribution in [1.29, 1.82) is 0 Å². The molecule has 5 rings (SSSR count). The average molecular weight is 399 g/mol. The minimum atomic E-state index is -0.373. The smallest absolute Gasteiger partial charge is 0.240 e. The average Bonchev–Trinajstić information content (AvgIpc) is 3.34. The van der Waals surface area contributed by atoms with Gasteiger partial charge in [-0.25, -0.2) is 4.98 Å². The Balaban J connectivity index is 1.25. The molecule has 5 heterocycles. The summed E-state index contributed by atoms with van der Waals surface area (Å²) in [5.41, 5.74) is 1.29. The van der Waals surface area contributed by atoms with Crippen molar-refractivity contribution in [1.82, 2.24) is 29.9 Å². The van der Waals surface area contributed by atoms with Crippen molar-refractivity contribution in [3.8, 4) is 0 Å². The molecule has 0 aliphatic carbocycles. The van der Waals surface area contributed by atoms with Gasteiger partial charge in [-0.15, -0.1) is 0 Å². The van der Waals surface area contributed by atoms with E-state index in [0.29, 0.717) is 18.6 Å². The summed E-state index contributed by atoms with van der Waals surface area (Å²) in [6, 6.07) is 0.894. The third-order valence-corrected chi connectivity index (χ3v) is 6.76. The van der Waals surface area contributed by atoms with Gasteiger partial charge in [0.2, 0.25) is 5.91 Å². The van der Waals surface area contributed by atoms with Gasteiger partial charge in [-0.2, -0.15) is 0 Å². The SMILES string of the molecule is O=C(NCc1cn2ccncc2n1)[C@@]12CCCCN1C[C@@H](NC1CCOCC1)C2. The zero-order valence-electron chi connectivity index (χ0n) is 16.8. The second-order valence-corrected chi connectivity index (χ2v) is 8.65. The van der Waals surface area contributed by atoms with Crippen LogP contribution in [0, 0.1) is 0 Å². The summed E-state index contributed by atoms with van der Waals surface area (Å²) in [6.07, 6.45) is 13.6. The van der Waals surface area contributed by atoms with Gasteiger partial charge in [0.25, 0.3) is 0 Å². The molecule has 2 aromatic heterocycles. The number of carbonyl (C=O) groups is 1. The van der Waals surface area contributed by atoms with E-state index in [4.69, 9.17) is 4.74 Å². The molecule has 8 nitrogen and oxygen atoms in total. The maximum Gasteiger partial charge on any atom is 0.240 e. The Morgan fingerprint density at radius 2 is 2.17 bits per heavy atom. The van der Waals surface area contributed by atoms with Crippen LogP contribution in [0.3, 0.4) is 0 Å². The number of nitrogens with zero attached hydrogens (tertiary/aromatic N) is 4. The van der Waals surface area contributed by atoms with Gasteiger partial charge in [-0.3, -0.25) is 14.7 Å². The lowest BCUT2D eigenvalue weighted by atomic mass is 9.84. The number of ether oxygens (including phenoxy) is 1. The molecule has 3 saturated heterocycles. The first-order chi connectivity index (χ1) is 14.2. The number of amides is 1. The molecule has 2 atom stereocenters. The van der Waals surface area contributed by atoms with Gasteiger partial charge in [0, 0.05) is 50.4 Å². The zero-order valence-corrected chi connectivity index (χ0v) is 16.8. The topological polar surface area (TPSA) is 83.8 Å². The molecule has 0 bridgehead atoms. The van der Waals surface area contributed by atoms with E-state index in [1.807, 2.05) is 16.8 Å². The lowest BCUT2D eigenvalue weighted by Crippen LogP contribution is -2.57. The number of imidazole rings is 1. The molecule has 2 N–H and O–H groups in total. The van der Waals surface area contributed by atoms with Gasteiger partial charge in [0.15, 0.2) is 5.65 Å². The highest BCUT2D eigenvalue weighted by Crippen LogP contribution is 2.38. The molecule has 8 heteroatoms. The summed E-state index contributed by atoms with van der Waals surface area (Å²) in [5.74, 6) is 0.156. The monoisotopic (exact) mass is 398 g/mol.